The van der Waals surface area contributed by atoms with Gasteiger partial charge in [0.05, 0.1) is 11.6 Å². The number of carbonyl (C=O) groups excluding carboxylic acids is 1. The third-order valence-electron chi connectivity index (χ3n) is 5.27. The van der Waals surface area contributed by atoms with E-state index in [4.69, 9.17) is 4.74 Å². The number of unbranched alkanes of at least 4 members (excludes halogenated alkanes) is 3. The van der Waals surface area contributed by atoms with Gasteiger partial charge in [0.15, 0.2) is 6.29 Å². The number of anilines is 1. The maximum Gasteiger partial charge on any atom is 0.310 e. The molecule has 0 fully saturated rings. The number of benzene rings is 2. The van der Waals surface area contributed by atoms with Gasteiger partial charge in [-0.25, -0.2) is 0 Å². The molecule has 2 aromatic carbocycles. The smallest absolute Gasteiger partial charge is 0.310 e. The molecule has 0 aromatic heterocycles. The molecule has 0 aliphatic carbocycles. The van der Waals surface area contributed by atoms with Crippen LogP contribution in [0.1, 0.15) is 62.1 Å². The molecule has 0 spiro atoms. The summed E-state index contributed by atoms with van der Waals surface area (Å²) in [5.74, 6) is -1.16. The Morgan fingerprint density at radius 2 is 1.87 bits per heavy atom. The number of ether oxygens (including phenoxy) is 1. The maximum absolute atomic E-state index is 11.6. The van der Waals surface area contributed by atoms with Crippen LogP contribution in [0.2, 0.25) is 0 Å². The zero-order valence-electron chi connectivity index (χ0n) is 18.0. The van der Waals surface area contributed by atoms with Crippen molar-refractivity contribution in [2.45, 2.75) is 58.3 Å². The molecular weight excluding hydrogens is 378 g/mol. The lowest BCUT2D eigenvalue weighted by atomic mass is 9.94. The van der Waals surface area contributed by atoms with Crippen molar-refractivity contribution in [1.82, 2.24) is 0 Å². The highest BCUT2D eigenvalue weighted by atomic mass is 16.5. The van der Waals surface area contributed by atoms with E-state index in [1.54, 1.807) is 6.92 Å². The number of hydrogen-bond donors (Lipinski definition) is 2. The third kappa shape index (κ3) is 6.90. The minimum Gasteiger partial charge on any atom is -0.484 e. The Labute approximate surface area is 179 Å². The van der Waals surface area contributed by atoms with Crippen molar-refractivity contribution in [2.24, 2.45) is 0 Å². The van der Waals surface area contributed by atoms with Crippen LogP contribution in [-0.4, -0.2) is 30.5 Å². The van der Waals surface area contributed by atoms with Crippen LogP contribution in [0.5, 0.6) is 5.75 Å². The summed E-state index contributed by atoms with van der Waals surface area (Å²) in [4.78, 5) is 22.6. The standard InChI is InChI=1S/C25H33NO4/c1-3-4-5-9-12-21-13-14-22(19(2)25(28)29)24(30-18-17-27)23(21)26-16-15-20-10-7-6-8-11-20/h6-8,10-11,13-14,17,19,26H,3-5,9,12,15-16,18H2,1-2H3,(H,28,29). The monoisotopic (exact) mass is 411 g/mol. The van der Waals surface area contributed by atoms with Gasteiger partial charge in [-0.05, 0) is 37.3 Å². The average molecular weight is 412 g/mol. The molecule has 0 amide bonds. The van der Waals surface area contributed by atoms with Gasteiger partial charge in [-0.2, -0.15) is 0 Å². The van der Waals surface area contributed by atoms with E-state index in [2.05, 4.69) is 24.4 Å². The van der Waals surface area contributed by atoms with Crippen molar-refractivity contribution in [2.75, 3.05) is 18.5 Å². The van der Waals surface area contributed by atoms with E-state index in [9.17, 15) is 14.7 Å². The summed E-state index contributed by atoms with van der Waals surface area (Å²) in [6, 6.07) is 14.0. The first-order chi connectivity index (χ1) is 14.6. The largest absolute Gasteiger partial charge is 0.484 e. The highest BCUT2D eigenvalue weighted by Gasteiger charge is 2.23. The van der Waals surface area contributed by atoms with Crippen molar-refractivity contribution >= 4 is 17.9 Å². The van der Waals surface area contributed by atoms with Gasteiger partial charge in [-0.3, -0.25) is 9.59 Å². The van der Waals surface area contributed by atoms with Crippen LogP contribution in [0.3, 0.4) is 0 Å². The normalized spacial score (nSPS) is 11.7. The van der Waals surface area contributed by atoms with Crippen molar-refractivity contribution in [3.8, 4) is 5.75 Å². The van der Waals surface area contributed by atoms with Gasteiger partial charge in [0.2, 0.25) is 0 Å². The third-order valence-corrected chi connectivity index (χ3v) is 5.27. The highest BCUT2D eigenvalue weighted by Crippen LogP contribution is 2.38. The molecule has 0 aliphatic heterocycles. The molecule has 0 saturated carbocycles. The van der Waals surface area contributed by atoms with E-state index in [-0.39, 0.29) is 6.61 Å². The predicted octanol–water partition coefficient (Wildman–Crippen LogP) is 5.23. The molecule has 2 aromatic rings. The zero-order chi connectivity index (χ0) is 21.8. The quantitative estimate of drug-likeness (QED) is 0.329. The molecule has 5 nitrogen and oxygen atoms in total. The number of aliphatic carboxylic acids is 1. The Hall–Kier alpha value is -2.82. The molecule has 1 unspecified atom stereocenters. The molecule has 0 radical (unpaired) electrons. The fourth-order valence-corrected chi connectivity index (χ4v) is 3.51. The minimum absolute atomic E-state index is 0.105. The number of aryl methyl sites for hydroxylation is 1. The van der Waals surface area contributed by atoms with Gasteiger partial charge in [0, 0.05) is 12.1 Å². The summed E-state index contributed by atoms with van der Waals surface area (Å²) >= 11 is 0. The summed E-state index contributed by atoms with van der Waals surface area (Å²) in [6.45, 7) is 4.41. The topological polar surface area (TPSA) is 75.6 Å². The van der Waals surface area contributed by atoms with Gasteiger partial charge in [0.1, 0.15) is 12.4 Å². The first kappa shape index (κ1) is 23.5. The Morgan fingerprint density at radius 3 is 2.53 bits per heavy atom. The lowest BCUT2D eigenvalue weighted by Crippen LogP contribution is -2.15. The second kappa shape index (κ2) is 12.7. The molecule has 2 N–H and O–H groups in total. The average Bonchev–Trinajstić information content (AvgIpc) is 2.76. The number of carboxylic acids is 1. The first-order valence-electron chi connectivity index (χ1n) is 10.8. The summed E-state index contributed by atoms with van der Waals surface area (Å²) in [6.07, 6.45) is 6.98. The van der Waals surface area contributed by atoms with Crippen molar-refractivity contribution < 1.29 is 19.4 Å². The SMILES string of the molecule is CCCCCCc1ccc(C(C)C(=O)O)c(OCC=O)c1NCCc1ccccc1. The minimum atomic E-state index is -0.920. The molecule has 5 heteroatoms. The van der Waals surface area contributed by atoms with Crippen molar-refractivity contribution in [1.29, 1.82) is 0 Å². The van der Waals surface area contributed by atoms with Crippen LogP contribution in [0.25, 0.3) is 0 Å². The Balaban J connectivity index is 2.31. The molecule has 2 rings (SSSR count). The fraction of sp³-hybridized carbons (Fsp3) is 0.440. The van der Waals surface area contributed by atoms with Crippen LogP contribution in [0.15, 0.2) is 42.5 Å². The number of carboxylic acid groups (broad SMARTS) is 1. The summed E-state index contributed by atoms with van der Waals surface area (Å²) < 4.78 is 5.77. The molecule has 30 heavy (non-hydrogen) atoms. The van der Waals surface area contributed by atoms with E-state index in [0.29, 0.717) is 24.1 Å². The van der Waals surface area contributed by atoms with Crippen LogP contribution in [0, 0.1) is 0 Å². The van der Waals surface area contributed by atoms with Gasteiger partial charge in [-0.1, -0.05) is 68.7 Å². The fourth-order valence-electron chi connectivity index (χ4n) is 3.51. The summed E-state index contributed by atoms with van der Waals surface area (Å²) in [5.41, 5.74) is 3.72. The number of rotatable bonds is 14. The zero-order valence-corrected chi connectivity index (χ0v) is 18.0. The van der Waals surface area contributed by atoms with Gasteiger partial charge >= 0.3 is 5.97 Å². The van der Waals surface area contributed by atoms with E-state index in [1.165, 1.54) is 18.4 Å². The molecule has 0 saturated heterocycles. The first-order valence-corrected chi connectivity index (χ1v) is 10.8. The van der Waals surface area contributed by atoms with E-state index in [1.807, 2.05) is 30.3 Å². The Morgan fingerprint density at radius 1 is 1.10 bits per heavy atom. The number of hydrogen-bond acceptors (Lipinski definition) is 4. The number of nitrogens with one attached hydrogen (secondary N) is 1. The van der Waals surface area contributed by atoms with Gasteiger partial charge in [0.25, 0.3) is 0 Å². The van der Waals surface area contributed by atoms with Crippen LogP contribution in [0.4, 0.5) is 5.69 Å². The van der Waals surface area contributed by atoms with Gasteiger partial charge in [-0.15, -0.1) is 0 Å². The molecule has 0 heterocycles. The van der Waals surface area contributed by atoms with E-state index < -0.39 is 11.9 Å². The van der Waals surface area contributed by atoms with Gasteiger partial charge < -0.3 is 15.2 Å². The molecule has 0 bridgehead atoms. The van der Waals surface area contributed by atoms with Crippen LogP contribution in [-0.2, 0) is 22.4 Å². The van der Waals surface area contributed by atoms with E-state index >= 15 is 0 Å². The van der Waals surface area contributed by atoms with Crippen LogP contribution < -0.4 is 10.1 Å². The summed E-state index contributed by atoms with van der Waals surface area (Å²) in [5, 5.41) is 13.0. The second-order valence-corrected chi connectivity index (χ2v) is 7.53. The number of aldehydes is 1. The van der Waals surface area contributed by atoms with E-state index in [0.717, 1.165) is 36.9 Å². The second-order valence-electron chi connectivity index (χ2n) is 7.53. The molecule has 0 aliphatic rings. The molecule has 1 atom stereocenters. The van der Waals surface area contributed by atoms with Crippen molar-refractivity contribution in [3.63, 3.8) is 0 Å². The molecule has 162 valence electrons. The lowest BCUT2D eigenvalue weighted by Gasteiger charge is -2.21. The lowest BCUT2D eigenvalue weighted by molar-refractivity contribution is -0.138. The van der Waals surface area contributed by atoms with Crippen LogP contribution >= 0.6 is 0 Å². The Bertz CT molecular complexity index is 804. The number of carbonyl (C=O) groups is 2. The summed E-state index contributed by atoms with van der Waals surface area (Å²) in [7, 11) is 0. The molecular formula is C25H33NO4. The Kier molecular flexibility index (Phi) is 9.92. The highest BCUT2D eigenvalue weighted by molar-refractivity contribution is 5.79. The maximum atomic E-state index is 11.6. The predicted molar refractivity (Wildman–Crippen MR) is 121 cm³/mol. The van der Waals surface area contributed by atoms with Crippen molar-refractivity contribution in [3.05, 3.63) is 59.2 Å².